The molecule has 16 heteroatoms. The monoisotopic (exact) mass is 1210 g/mol. The number of carbonyl (C=O) groups excluding carboxylic acids is 6. The largest absolute Gasteiger partial charge is 2.00 e. The minimum atomic E-state index is -0.913. The van der Waals surface area contributed by atoms with Gasteiger partial charge in [-0.05, 0) is 77.0 Å². The van der Waals surface area contributed by atoms with Gasteiger partial charge in [0, 0.05) is 44.2 Å². The predicted molar refractivity (Wildman–Crippen MR) is 291 cm³/mol. The van der Waals surface area contributed by atoms with Gasteiger partial charge in [0.05, 0.1) is 0 Å². The van der Waals surface area contributed by atoms with Crippen molar-refractivity contribution in [1.29, 1.82) is 0 Å². The molecule has 0 amide bonds. The first-order valence-electron chi connectivity index (χ1n) is 29.8. The zero-order chi connectivity index (χ0) is 55.4. The molecule has 0 heterocycles. The van der Waals surface area contributed by atoms with E-state index in [1.807, 2.05) is 0 Å². The third-order valence-corrected chi connectivity index (χ3v) is 11.9. The fourth-order valence-corrected chi connectivity index (χ4v) is 7.36. The summed E-state index contributed by atoms with van der Waals surface area (Å²) in [6.07, 6.45) is 50.1. The van der Waals surface area contributed by atoms with Gasteiger partial charge in [0.1, 0.15) is 0 Å². The summed E-state index contributed by atoms with van der Waals surface area (Å²) in [5.41, 5.74) is 0. The van der Waals surface area contributed by atoms with Crippen LogP contribution in [0.25, 0.3) is 0 Å². The standard InChI is InChI=1S/6C10H20O2.B.3Co/c6*1-2-3-4-5-6-7-8-9-10(11)12;;;;/h6*2-9H2,1H3,(H,11,12);;;;/q;;;;;;;3*+2/p-6. The summed E-state index contributed by atoms with van der Waals surface area (Å²) in [6.45, 7) is 13.1. The molecule has 0 unspecified atom stereocenters. The number of hydrogen-bond acceptors (Lipinski definition) is 12. The first kappa shape index (κ1) is 96.7. The number of unbranched alkanes of at least 4 members (excludes halogenated alkanes) is 36. The second-order valence-corrected chi connectivity index (χ2v) is 19.5. The van der Waals surface area contributed by atoms with Gasteiger partial charge in [0.2, 0.25) is 0 Å². The molecule has 0 saturated heterocycles. The summed E-state index contributed by atoms with van der Waals surface area (Å²) in [4.78, 5) is 60.1. The second-order valence-electron chi connectivity index (χ2n) is 19.5. The van der Waals surface area contributed by atoms with Crippen LogP contribution in [0.3, 0.4) is 0 Å². The van der Waals surface area contributed by atoms with E-state index in [1.165, 1.54) is 193 Å². The number of aliphatic carboxylic acids is 6. The van der Waals surface area contributed by atoms with Crippen LogP contribution in [-0.4, -0.2) is 44.2 Å². The van der Waals surface area contributed by atoms with Crippen molar-refractivity contribution in [3.05, 3.63) is 0 Å². The minimum Gasteiger partial charge on any atom is -0.550 e. The first-order valence-corrected chi connectivity index (χ1v) is 29.8. The van der Waals surface area contributed by atoms with Gasteiger partial charge in [0.15, 0.2) is 0 Å². The smallest absolute Gasteiger partial charge is 0.550 e. The van der Waals surface area contributed by atoms with E-state index in [4.69, 9.17) is 0 Å². The molecule has 0 fully saturated rings. The van der Waals surface area contributed by atoms with Crippen LogP contribution in [0.2, 0.25) is 0 Å². The molecule has 0 saturated carbocycles. The summed E-state index contributed by atoms with van der Waals surface area (Å²) < 4.78 is 0. The molecule has 0 aliphatic carbocycles. The zero-order valence-corrected chi connectivity index (χ0v) is 52.5. The topological polar surface area (TPSA) is 241 Å². The molecule has 0 aliphatic heterocycles. The molecule has 0 N–H and O–H groups in total. The van der Waals surface area contributed by atoms with Crippen molar-refractivity contribution in [2.45, 2.75) is 350 Å². The molecule has 6 radical (unpaired) electrons. The van der Waals surface area contributed by atoms with Crippen molar-refractivity contribution in [3.8, 4) is 0 Å². The Hall–Kier alpha value is -1.60. The van der Waals surface area contributed by atoms with E-state index in [1.54, 1.807) is 0 Å². The number of rotatable bonds is 48. The van der Waals surface area contributed by atoms with E-state index in [9.17, 15) is 59.4 Å². The Kier molecular flexibility index (Phi) is 118. The van der Waals surface area contributed by atoms with Crippen molar-refractivity contribution < 1.29 is 110 Å². The van der Waals surface area contributed by atoms with Crippen molar-refractivity contribution in [2.24, 2.45) is 0 Å². The van der Waals surface area contributed by atoms with Crippen molar-refractivity contribution in [3.63, 3.8) is 0 Å². The van der Waals surface area contributed by atoms with Crippen LogP contribution in [0.15, 0.2) is 0 Å². The molecular formula is C60H114BCo3O12. The molecule has 0 bridgehead atoms. The average molecular weight is 1220 g/mol. The second kappa shape index (κ2) is 92.8. The molecule has 76 heavy (non-hydrogen) atoms. The van der Waals surface area contributed by atoms with Gasteiger partial charge < -0.3 is 59.4 Å². The van der Waals surface area contributed by atoms with E-state index in [0.29, 0.717) is 0 Å². The van der Waals surface area contributed by atoms with Gasteiger partial charge >= 0.3 is 50.3 Å². The van der Waals surface area contributed by atoms with Crippen LogP contribution < -0.4 is 30.6 Å². The SMILES string of the molecule is CCCCCCCCCC(=O)[O-].CCCCCCCCCC(=O)[O-].CCCCCCCCCC(=O)[O-].CCCCCCCCCC(=O)[O-].CCCCCCCCCC(=O)[O-].CCCCCCCCCC(=O)[O-].[B].[Co+2].[Co+2].[Co+2]. The van der Waals surface area contributed by atoms with Crippen LogP contribution in [0.4, 0.5) is 0 Å². The van der Waals surface area contributed by atoms with Gasteiger partial charge in [-0.25, -0.2) is 0 Å². The van der Waals surface area contributed by atoms with Gasteiger partial charge in [0.25, 0.3) is 0 Å². The fraction of sp³-hybridized carbons (Fsp3) is 0.900. The summed E-state index contributed by atoms with van der Waals surface area (Å²) in [5, 5.41) is 60.1. The van der Waals surface area contributed by atoms with Crippen LogP contribution in [0.5, 0.6) is 0 Å². The van der Waals surface area contributed by atoms with E-state index in [2.05, 4.69) is 41.5 Å². The van der Waals surface area contributed by atoms with E-state index in [0.717, 1.165) is 77.0 Å². The Morgan fingerprint density at radius 2 is 0.263 bits per heavy atom. The van der Waals surface area contributed by atoms with Crippen molar-refractivity contribution >= 4 is 44.2 Å². The van der Waals surface area contributed by atoms with Crippen LogP contribution >= 0.6 is 0 Å². The maximum absolute atomic E-state index is 10.0. The van der Waals surface area contributed by atoms with Gasteiger partial charge in [-0.1, -0.05) is 273 Å². The van der Waals surface area contributed by atoms with Crippen LogP contribution in [0.1, 0.15) is 350 Å². The molecule has 0 spiro atoms. The van der Waals surface area contributed by atoms with Crippen LogP contribution in [0, 0.1) is 0 Å². The summed E-state index contributed by atoms with van der Waals surface area (Å²) in [6, 6.07) is 0. The van der Waals surface area contributed by atoms with Gasteiger partial charge in [-0.15, -0.1) is 0 Å². The third kappa shape index (κ3) is 134. The summed E-state index contributed by atoms with van der Waals surface area (Å²) in [5.74, 6) is -5.48. The predicted octanol–water partition coefficient (Wildman–Crippen LogP) is 10.9. The fourth-order valence-electron chi connectivity index (χ4n) is 7.36. The molecule has 0 atom stereocenters. The summed E-state index contributed by atoms with van der Waals surface area (Å²) in [7, 11) is 0. The zero-order valence-electron chi connectivity index (χ0n) is 49.4. The number of carbonyl (C=O) groups is 6. The first-order chi connectivity index (χ1) is 34.6. The Labute approximate surface area is 500 Å². The van der Waals surface area contributed by atoms with E-state index >= 15 is 0 Å². The molecule has 0 aromatic carbocycles. The van der Waals surface area contributed by atoms with Gasteiger partial charge in [-0.2, -0.15) is 0 Å². The maximum Gasteiger partial charge on any atom is 2.00 e. The van der Waals surface area contributed by atoms with Crippen molar-refractivity contribution in [1.82, 2.24) is 0 Å². The maximum atomic E-state index is 10.0. The Balaban J connectivity index is -0.0000000851. The normalized spacial score (nSPS) is 9.55. The van der Waals surface area contributed by atoms with E-state index < -0.39 is 35.8 Å². The van der Waals surface area contributed by atoms with Crippen LogP contribution in [-0.2, 0) is 79.1 Å². The minimum absolute atomic E-state index is 0. The molecule has 0 aromatic heterocycles. The number of carboxylic acid groups (broad SMARTS) is 6. The summed E-state index contributed by atoms with van der Waals surface area (Å²) >= 11 is 0. The number of hydrogen-bond donors (Lipinski definition) is 0. The quantitative estimate of drug-likeness (QED) is 0.0408. The number of carboxylic acids is 6. The van der Waals surface area contributed by atoms with Crippen molar-refractivity contribution in [2.75, 3.05) is 0 Å². The molecular weight excluding hydrogens is 1100 g/mol. The third-order valence-electron chi connectivity index (χ3n) is 11.9. The molecule has 456 valence electrons. The molecule has 0 aromatic rings. The molecule has 0 aliphatic rings. The van der Waals surface area contributed by atoms with E-state index in [-0.39, 0.29) is 97.3 Å². The molecule has 12 nitrogen and oxygen atoms in total. The Morgan fingerprint density at radius 3 is 0.342 bits per heavy atom. The Bertz CT molecular complexity index is 905. The average Bonchev–Trinajstić information content (AvgIpc) is 3.33. The van der Waals surface area contributed by atoms with Gasteiger partial charge in [-0.3, -0.25) is 0 Å². The molecule has 0 rings (SSSR count). The Morgan fingerprint density at radius 1 is 0.184 bits per heavy atom.